The topological polar surface area (TPSA) is 54.1 Å². The Hall–Kier alpha value is -0.850. The summed E-state index contributed by atoms with van der Waals surface area (Å²) in [6, 6.07) is 4.02. The zero-order valence-electron chi connectivity index (χ0n) is 9.30. The van der Waals surface area contributed by atoms with E-state index in [1.807, 2.05) is 12.1 Å². The Morgan fingerprint density at radius 3 is 2.72 bits per heavy atom. The molecule has 1 fully saturated rings. The lowest BCUT2D eigenvalue weighted by Gasteiger charge is -2.26. The number of nitrogens with one attached hydrogen (secondary N) is 2. The molecule has 1 saturated heterocycles. The first kappa shape index (κ1) is 12.2. The molecule has 2 N–H and O–H groups in total. The van der Waals surface area contributed by atoms with E-state index in [4.69, 9.17) is 4.74 Å². The van der Waals surface area contributed by atoms with Gasteiger partial charge < -0.3 is 15.0 Å². The van der Waals surface area contributed by atoms with Gasteiger partial charge in [-0.3, -0.25) is 4.79 Å². The number of carbonyl (C=O) groups excluding carboxylic acids is 1. The smallest absolute Gasteiger partial charge is 0.253 e. The number of halogens is 2. The van der Waals surface area contributed by atoms with Crippen LogP contribution in [0.5, 0.6) is 0 Å². The first-order valence-corrected chi connectivity index (χ1v) is 7.08. The quantitative estimate of drug-likeness (QED) is 0.850. The predicted molar refractivity (Wildman–Crippen MR) is 75.8 cm³/mol. The normalized spacial score (nSPS) is 15.7. The highest BCUT2D eigenvalue weighted by Crippen LogP contribution is 2.30. The number of carbonyl (C=O) groups is 1. The summed E-state index contributed by atoms with van der Waals surface area (Å²) < 4.78 is 6.92. The van der Waals surface area contributed by atoms with Crippen LogP contribution < -0.4 is 5.32 Å². The zero-order chi connectivity index (χ0) is 12.7. The summed E-state index contributed by atoms with van der Waals surface area (Å²) in [6.45, 7) is 1.20. The van der Waals surface area contributed by atoms with Crippen molar-refractivity contribution < 1.29 is 9.53 Å². The molecule has 4 nitrogen and oxygen atoms in total. The molecular weight excluding hydrogens is 364 g/mol. The number of amides is 1. The monoisotopic (exact) mass is 372 g/mol. The van der Waals surface area contributed by atoms with E-state index in [0.29, 0.717) is 18.8 Å². The highest BCUT2D eigenvalue weighted by atomic mass is 79.9. The second-order valence-corrected chi connectivity index (χ2v) is 5.93. The van der Waals surface area contributed by atoms with Crippen molar-refractivity contribution in [2.24, 2.45) is 0 Å². The number of benzene rings is 1. The minimum atomic E-state index is -0.0660. The van der Waals surface area contributed by atoms with Gasteiger partial charge in [-0.05, 0) is 44.0 Å². The first-order valence-electron chi connectivity index (χ1n) is 5.50. The van der Waals surface area contributed by atoms with E-state index >= 15 is 0 Å². The molecule has 1 amide bonds. The van der Waals surface area contributed by atoms with Gasteiger partial charge in [-0.2, -0.15) is 0 Å². The maximum absolute atomic E-state index is 12.1. The Labute approximate surface area is 120 Å². The maximum atomic E-state index is 12.1. The molecule has 2 heterocycles. The summed E-state index contributed by atoms with van der Waals surface area (Å²) in [7, 11) is 0. The van der Waals surface area contributed by atoms with Crippen molar-refractivity contribution in [3.63, 3.8) is 0 Å². The minimum Gasteiger partial charge on any atom is -0.377 e. The molecule has 0 unspecified atom stereocenters. The Kier molecular flexibility index (Phi) is 3.17. The minimum absolute atomic E-state index is 0.0660. The van der Waals surface area contributed by atoms with Crippen LogP contribution in [0, 0.1) is 0 Å². The van der Waals surface area contributed by atoms with Crippen LogP contribution in [-0.2, 0) is 4.74 Å². The molecule has 0 radical (unpaired) electrons. The van der Waals surface area contributed by atoms with Gasteiger partial charge >= 0.3 is 0 Å². The summed E-state index contributed by atoms with van der Waals surface area (Å²) in [6.07, 6.45) is 1.73. The molecule has 0 bridgehead atoms. The number of fused-ring (bicyclic) bond motifs is 1. The molecule has 1 aromatic heterocycles. The fourth-order valence-electron chi connectivity index (χ4n) is 1.89. The Morgan fingerprint density at radius 2 is 2.06 bits per heavy atom. The van der Waals surface area contributed by atoms with Crippen molar-refractivity contribution in [1.29, 1.82) is 0 Å². The number of aromatic amines is 1. The highest BCUT2D eigenvalue weighted by molar-refractivity contribution is 9.13. The van der Waals surface area contributed by atoms with Gasteiger partial charge in [0.1, 0.15) is 0 Å². The van der Waals surface area contributed by atoms with Gasteiger partial charge in [0, 0.05) is 26.0 Å². The molecule has 1 aliphatic rings. The SMILES string of the molecule is O=C(NC1COC1)c1c[nH]c2cc(Br)c(Br)cc12. The largest absolute Gasteiger partial charge is 0.377 e. The number of hydrogen-bond donors (Lipinski definition) is 2. The molecule has 94 valence electrons. The summed E-state index contributed by atoms with van der Waals surface area (Å²) in [4.78, 5) is 15.2. The van der Waals surface area contributed by atoms with Crippen LogP contribution in [0.2, 0.25) is 0 Å². The lowest BCUT2D eigenvalue weighted by molar-refractivity contribution is -0.00343. The molecule has 3 rings (SSSR count). The van der Waals surface area contributed by atoms with Crippen LogP contribution in [0.3, 0.4) is 0 Å². The van der Waals surface area contributed by atoms with Gasteiger partial charge in [-0.1, -0.05) is 0 Å². The van der Waals surface area contributed by atoms with Gasteiger partial charge in [0.15, 0.2) is 0 Å². The number of rotatable bonds is 2. The molecule has 1 aromatic carbocycles. The fourth-order valence-corrected chi connectivity index (χ4v) is 2.57. The number of hydrogen-bond acceptors (Lipinski definition) is 2. The second-order valence-electron chi connectivity index (χ2n) is 4.22. The maximum Gasteiger partial charge on any atom is 0.253 e. The summed E-state index contributed by atoms with van der Waals surface area (Å²) >= 11 is 6.89. The van der Waals surface area contributed by atoms with Gasteiger partial charge in [-0.25, -0.2) is 0 Å². The van der Waals surface area contributed by atoms with Gasteiger partial charge in [0.2, 0.25) is 0 Å². The second kappa shape index (κ2) is 4.68. The van der Waals surface area contributed by atoms with E-state index in [9.17, 15) is 4.79 Å². The Bertz CT molecular complexity index is 620. The molecule has 0 saturated carbocycles. The third-order valence-electron chi connectivity index (χ3n) is 2.94. The lowest BCUT2D eigenvalue weighted by atomic mass is 10.1. The molecule has 1 aliphatic heterocycles. The first-order chi connectivity index (χ1) is 8.65. The van der Waals surface area contributed by atoms with Crippen LogP contribution in [-0.4, -0.2) is 30.1 Å². The molecule has 0 spiro atoms. The van der Waals surface area contributed by atoms with E-state index < -0.39 is 0 Å². The summed E-state index contributed by atoms with van der Waals surface area (Å²) in [5.41, 5.74) is 1.59. The summed E-state index contributed by atoms with van der Waals surface area (Å²) in [5.74, 6) is -0.0660. The van der Waals surface area contributed by atoms with Gasteiger partial charge in [0.25, 0.3) is 5.91 Å². The van der Waals surface area contributed by atoms with Crippen LogP contribution in [0.15, 0.2) is 27.3 Å². The average Bonchev–Trinajstić information content (AvgIpc) is 2.67. The third kappa shape index (κ3) is 2.08. The van der Waals surface area contributed by atoms with Crippen LogP contribution in [0.4, 0.5) is 0 Å². The Morgan fingerprint density at radius 1 is 1.33 bits per heavy atom. The van der Waals surface area contributed by atoms with Crippen LogP contribution in [0.1, 0.15) is 10.4 Å². The summed E-state index contributed by atoms with van der Waals surface area (Å²) in [5, 5.41) is 3.84. The van der Waals surface area contributed by atoms with Crippen molar-refractivity contribution in [3.05, 3.63) is 32.8 Å². The number of ether oxygens (including phenoxy) is 1. The van der Waals surface area contributed by atoms with Crippen molar-refractivity contribution >= 4 is 48.7 Å². The van der Waals surface area contributed by atoms with Crippen molar-refractivity contribution in [1.82, 2.24) is 10.3 Å². The van der Waals surface area contributed by atoms with E-state index in [-0.39, 0.29) is 11.9 Å². The molecule has 0 atom stereocenters. The molecule has 2 aromatic rings. The van der Waals surface area contributed by atoms with Crippen molar-refractivity contribution in [2.45, 2.75) is 6.04 Å². The van der Waals surface area contributed by atoms with Crippen LogP contribution >= 0.6 is 31.9 Å². The van der Waals surface area contributed by atoms with E-state index in [1.54, 1.807) is 6.20 Å². The predicted octanol–water partition coefficient (Wildman–Crippen LogP) is 2.82. The molecule has 0 aliphatic carbocycles. The number of H-pyrrole nitrogens is 1. The van der Waals surface area contributed by atoms with Crippen molar-refractivity contribution in [3.8, 4) is 0 Å². The highest BCUT2D eigenvalue weighted by Gasteiger charge is 2.22. The Balaban J connectivity index is 1.96. The van der Waals surface area contributed by atoms with E-state index in [1.165, 1.54) is 0 Å². The third-order valence-corrected chi connectivity index (χ3v) is 4.78. The standard InChI is InChI=1S/C12H10Br2N2O2/c13-9-1-7-8(3-15-11(7)2-10(9)14)12(17)16-6-4-18-5-6/h1-3,6,15H,4-5H2,(H,16,17). The van der Waals surface area contributed by atoms with E-state index in [0.717, 1.165) is 19.8 Å². The van der Waals surface area contributed by atoms with E-state index in [2.05, 4.69) is 42.2 Å². The van der Waals surface area contributed by atoms with Gasteiger partial charge in [0.05, 0.1) is 24.8 Å². The average molecular weight is 374 g/mol. The molecule has 18 heavy (non-hydrogen) atoms. The lowest BCUT2D eigenvalue weighted by Crippen LogP contribution is -2.48. The molecular formula is C12H10Br2N2O2. The van der Waals surface area contributed by atoms with Gasteiger partial charge in [-0.15, -0.1) is 0 Å². The molecule has 6 heteroatoms. The number of aromatic nitrogens is 1. The van der Waals surface area contributed by atoms with Crippen molar-refractivity contribution in [2.75, 3.05) is 13.2 Å². The zero-order valence-corrected chi connectivity index (χ0v) is 12.5. The van der Waals surface area contributed by atoms with Crippen LogP contribution in [0.25, 0.3) is 10.9 Å². The fraction of sp³-hybridized carbons (Fsp3) is 0.250.